The fourth-order valence-corrected chi connectivity index (χ4v) is 2.06. The third-order valence-electron chi connectivity index (χ3n) is 2.75. The number of aldehydes is 1. The van der Waals surface area contributed by atoms with Crippen molar-refractivity contribution in [1.29, 1.82) is 0 Å². The predicted molar refractivity (Wildman–Crippen MR) is 76.2 cm³/mol. The lowest BCUT2D eigenvalue weighted by Gasteiger charge is -2.07. The van der Waals surface area contributed by atoms with E-state index < -0.39 is 0 Å². The van der Waals surface area contributed by atoms with Gasteiger partial charge in [0.2, 0.25) is 5.95 Å². The molecule has 0 atom stereocenters. The summed E-state index contributed by atoms with van der Waals surface area (Å²) in [5, 5.41) is 3.20. The molecule has 0 radical (unpaired) electrons. The van der Waals surface area contributed by atoms with Crippen molar-refractivity contribution in [2.75, 3.05) is 11.9 Å². The molecule has 100 valence electrons. The Morgan fingerprint density at radius 1 is 1.30 bits per heavy atom. The van der Waals surface area contributed by atoms with E-state index in [1.165, 1.54) is 6.20 Å². The molecular weight excluding hydrogens is 278 g/mol. The molecule has 20 heavy (non-hydrogen) atoms. The minimum absolute atomic E-state index is 0.145. The van der Waals surface area contributed by atoms with E-state index in [1.54, 1.807) is 10.9 Å². The zero-order valence-corrected chi connectivity index (χ0v) is 11.1. The van der Waals surface area contributed by atoms with Crippen LogP contribution in [0, 0.1) is 0 Å². The van der Waals surface area contributed by atoms with Gasteiger partial charge in [-0.05, 0) is 12.1 Å². The summed E-state index contributed by atoms with van der Waals surface area (Å²) >= 11 is 6.15. The predicted octanol–water partition coefficient (Wildman–Crippen LogP) is 2.08. The van der Waals surface area contributed by atoms with Crippen LogP contribution in [0.25, 0.3) is 16.9 Å². The van der Waals surface area contributed by atoms with Crippen LogP contribution in [0.2, 0.25) is 5.02 Å². The largest absolute Gasteiger partial charge is 0.347 e. The Morgan fingerprint density at radius 3 is 3.00 bits per heavy atom. The number of anilines is 1. The molecule has 1 aromatic carbocycles. The number of para-hydroxylation sites is 2. The standard InChI is InChI=1S/C13H10ClN5O/c14-9-7-16-13(15-5-6-20)18-12(9)19-8-17-10-3-1-2-4-11(10)19/h1-4,6-8H,5H2,(H,15,16,18). The van der Waals surface area contributed by atoms with Gasteiger partial charge in [0.05, 0.1) is 23.8 Å². The van der Waals surface area contributed by atoms with Gasteiger partial charge in [-0.2, -0.15) is 4.98 Å². The third kappa shape index (κ3) is 2.21. The average Bonchev–Trinajstić information content (AvgIpc) is 2.90. The van der Waals surface area contributed by atoms with Crippen molar-refractivity contribution in [3.05, 3.63) is 41.8 Å². The van der Waals surface area contributed by atoms with Gasteiger partial charge in [-0.1, -0.05) is 23.7 Å². The number of nitrogens with zero attached hydrogens (tertiary/aromatic N) is 4. The molecule has 0 bridgehead atoms. The molecule has 3 aromatic rings. The zero-order chi connectivity index (χ0) is 13.9. The number of hydrogen-bond acceptors (Lipinski definition) is 5. The molecule has 0 spiro atoms. The van der Waals surface area contributed by atoms with E-state index in [2.05, 4.69) is 20.3 Å². The van der Waals surface area contributed by atoms with Crippen molar-refractivity contribution < 1.29 is 4.79 Å². The molecule has 6 nitrogen and oxygen atoms in total. The normalized spacial score (nSPS) is 10.7. The summed E-state index contributed by atoms with van der Waals surface area (Å²) in [5.74, 6) is 0.859. The smallest absolute Gasteiger partial charge is 0.225 e. The average molecular weight is 288 g/mol. The first-order valence-corrected chi connectivity index (χ1v) is 6.30. The highest BCUT2D eigenvalue weighted by atomic mass is 35.5. The van der Waals surface area contributed by atoms with Gasteiger partial charge in [-0.3, -0.25) is 4.57 Å². The lowest BCUT2D eigenvalue weighted by Crippen LogP contribution is -2.08. The second-order valence-corrected chi connectivity index (χ2v) is 4.42. The highest BCUT2D eigenvalue weighted by Gasteiger charge is 2.10. The fourth-order valence-electron chi connectivity index (χ4n) is 1.87. The number of benzene rings is 1. The molecule has 2 heterocycles. The fraction of sp³-hybridized carbons (Fsp3) is 0.0769. The molecule has 3 rings (SSSR count). The summed E-state index contributed by atoms with van der Waals surface area (Å²) in [6.45, 7) is 0.145. The SMILES string of the molecule is O=CCNc1ncc(Cl)c(-n2cnc3ccccc32)n1. The Balaban J connectivity index is 2.10. The molecular formula is C13H10ClN5O. The van der Waals surface area contributed by atoms with Gasteiger partial charge in [-0.25, -0.2) is 9.97 Å². The van der Waals surface area contributed by atoms with Gasteiger partial charge >= 0.3 is 0 Å². The van der Waals surface area contributed by atoms with Crippen molar-refractivity contribution in [1.82, 2.24) is 19.5 Å². The van der Waals surface area contributed by atoms with E-state index in [-0.39, 0.29) is 6.54 Å². The lowest BCUT2D eigenvalue weighted by molar-refractivity contribution is -0.106. The van der Waals surface area contributed by atoms with Crippen LogP contribution in [0.4, 0.5) is 5.95 Å². The van der Waals surface area contributed by atoms with Crippen LogP contribution in [-0.2, 0) is 4.79 Å². The Labute approximate surface area is 119 Å². The maximum atomic E-state index is 10.4. The highest BCUT2D eigenvalue weighted by molar-refractivity contribution is 6.32. The van der Waals surface area contributed by atoms with Crippen molar-refractivity contribution in [3.63, 3.8) is 0 Å². The molecule has 0 aliphatic carbocycles. The molecule has 0 saturated heterocycles. The number of aromatic nitrogens is 4. The molecule has 0 aliphatic heterocycles. The molecule has 1 N–H and O–H groups in total. The van der Waals surface area contributed by atoms with Gasteiger partial charge < -0.3 is 10.1 Å². The third-order valence-corrected chi connectivity index (χ3v) is 3.02. The van der Waals surface area contributed by atoms with Crippen molar-refractivity contribution >= 4 is 34.9 Å². The molecule has 0 saturated carbocycles. The molecule has 2 aromatic heterocycles. The molecule has 7 heteroatoms. The van der Waals surface area contributed by atoms with E-state index in [9.17, 15) is 4.79 Å². The first-order chi connectivity index (χ1) is 9.79. The zero-order valence-electron chi connectivity index (χ0n) is 10.3. The summed E-state index contributed by atoms with van der Waals surface area (Å²) in [7, 11) is 0. The molecule has 0 fully saturated rings. The minimum Gasteiger partial charge on any atom is -0.347 e. The molecule has 0 aliphatic rings. The maximum Gasteiger partial charge on any atom is 0.225 e. The van der Waals surface area contributed by atoms with E-state index in [0.29, 0.717) is 16.8 Å². The summed E-state index contributed by atoms with van der Waals surface area (Å²) in [4.78, 5) is 23.0. The number of imidazole rings is 1. The summed E-state index contributed by atoms with van der Waals surface area (Å²) in [5.41, 5.74) is 1.75. The van der Waals surface area contributed by atoms with Crippen LogP contribution in [0.5, 0.6) is 0 Å². The van der Waals surface area contributed by atoms with Crippen LogP contribution in [-0.4, -0.2) is 32.3 Å². The summed E-state index contributed by atoms with van der Waals surface area (Å²) in [6.07, 6.45) is 3.89. The Kier molecular flexibility index (Phi) is 3.30. The van der Waals surface area contributed by atoms with Crippen LogP contribution in [0.1, 0.15) is 0 Å². The highest BCUT2D eigenvalue weighted by Crippen LogP contribution is 2.23. The van der Waals surface area contributed by atoms with Crippen LogP contribution < -0.4 is 5.32 Å². The van der Waals surface area contributed by atoms with Crippen molar-refractivity contribution in [2.24, 2.45) is 0 Å². The number of nitrogens with one attached hydrogen (secondary N) is 1. The number of fused-ring (bicyclic) bond motifs is 1. The van der Waals surface area contributed by atoms with E-state index >= 15 is 0 Å². The van der Waals surface area contributed by atoms with E-state index in [4.69, 9.17) is 11.6 Å². The van der Waals surface area contributed by atoms with Crippen LogP contribution >= 0.6 is 11.6 Å². The van der Waals surface area contributed by atoms with Gasteiger partial charge in [0.1, 0.15) is 17.6 Å². The Bertz CT molecular complexity index is 770. The Hall–Kier alpha value is -2.47. The number of hydrogen-bond donors (Lipinski definition) is 1. The van der Waals surface area contributed by atoms with Crippen LogP contribution in [0.15, 0.2) is 36.8 Å². The maximum absolute atomic E-state index is 10.4. The monoisotopic (exact) mass is 287 g/mol. The van der Waals surface area contributed by atoms with Gasteiger partial charge in [-0.15, -0.1) is 0 Å². The van der Waals surface area contributed by atoms with Gasteiger partial charge in [0, 0.05) is 0 Å². The molecule has 0 unspecified atom stereocenters. The van der Waals surface area contributed by atoms with Crippen LogP contribution in [0.3, 0.4) is 0 Å². The van der Waals surface area contributed by atoms with E-state index in [1.807, 2.05) is 24.3 Å². The summed E-state index contributed by atoms with van der Waals surface area (Å²) < 4.78 is 1.78. The minimum atomic E-state index is 0.145. The quantitative estimate of drug-likeness (QED) is 0.744. The summed E-state index contributed by atoms with van der Waals surface area (Å²) in [6, 6.07) is 7.67. The van der Waals surface area contributed by atoms with Gasteiger partial charge in [0.25, 0.3) is 0 Å². The second kappa shape index (κ2) is 5.26. The van der Waals surface area contributed by atoms with Gasteiger partial charge in [0.15, 0.2) is 5.82 Å². The second-order valence-electron chi connectivity index (χ2n) is 4.02. The van der Waals surface area contributed by atoms with Crippen molar-refractivity contribution in [2.45, 2.75) is 0 Å². The number of rotatable bonds is 4. The number of carbonyl (C=O) groups excluding carboxylic acids is 1. The first-order valence-electron chi connectivity index (χ1n) is 5.92. The Morgan fingerprint density at radius 2 is 2.15 bits per heavy atom. The number of carbonyl (C=O) groups is 1. The lowest BCUT2D eigenvalue weighted by atomic mass is 10.3. The first kappa shape index (κ1) is 12.6. The van der Waals surface area contributed by atoms with Crippen molar-refractivity contribution in [3.8, 4) is 5.82 Å². The topological polar surface area (TPSA) is 72.7 Å². The van der Waals surface area contributed by atoms with E-state index in [0.717, 1.165) is 17.3 Å². The molecule has 0 amide bonds. The number of halogens is 1.